The highest BCUT2D eigenvalue weighted by atomic mass is 35.5. The van der Waals surface area contributed by atoms with Crippen molar-refractivity contribution in [3.63, 3.8) is 0 Å². The lowest BCUT2D eigenvalue weighted by Gasteiger charge is -2.15. The summed E-state index contributed by atoms with van der Waals surface area (Å²) < 4.78 is 0. The number of carbonyl (C=O) groups is 1. The van der Waals surface area contributed by atoms with Crippen molar-refractivity contribution in [2.75, 3.05) is 6.54 Å². The molecule has 0 saturated carbocycles. The van der Waals surface area contributed by atoms with E-state index >= 15 is 0 Å². The number of nitrogens with two attached hydrogens (primary N) is 1. The van der Waals surface area contributed by atoms with Gasteiger partial charge in [-0.25, -0.2) is 4.98 Å². The van der Waals surface area contributed by atoms with Crippen LogP contribution in [0.5, 0.6) is 0 Å². The molecule has 0 radical (unpaired) electrons. The Morgan fingerprint density at radius 3 is 2.88 bits per heavy atom. The number of benzene rings is 1. The van der Waals surface area contributed by atoms with Gasteiger partial charge in [-0.2, -0.15) is 0 Å². The van der Waals surface area contributed by atoms with Crippen LogP contribution < -0.4 is 11.1 Å². The number of hydrogen-bond donors (Lipinski definition) is 2. The van der Waals surface area contributed by atoms with Crippen molar-refractivity contribution in [2.24, 2.45) is 5.73 Å². The zero-order chi connectivity index (χ0) is 17.5. The Hall–Kier alpha value is -1.14. The summed E-state index contributed by atoms with van der Waals surface area (Å²) in [5.41, 5.74) is 7.26. The van der Waals surface area contributed by atoms with Crippen LogP contribution in [0.3, 0.4) is 0 Å². The first-order valence-corrected chi connectivity index (χ1v) is 9.56. The number of nitrogens with zero attached hydrogens (tertiary/aromatic N) is 1. The molecule has 0 bridgehead atoms. The molecule has 0 aliphatic rings. The van der Waals surface area contributed by atoms with Gasteiger partial charge in [0.2, 0.25) is 5.91 Å². The fourth-order valence-corrected chi connectivity index (χ4v) is 3.73. The number of amides is 1. The van der Waals surface area contributed by atoms with Crippen molar-refractivity contribution in [2.45, 2.75) is 38.6 Å². The smallest absolute Gasteiger partial charge is 0.226 e. The highest BCUT2D eigenvalue weighted by molar-refractivity contribution is 7.13. The minimum atomic E-state index is -0.0550. The number of thiazole rings is 1. The molecule has 0 aliphatic carbocycles. The molecule has 1 aromatic heterocycles. The maximum absolute atomic E-state index is 12.2. The van der Waals surface area contributed by atoms with Crippen LogP contribution in [-0.4, -0.2) is 23.5 Å². The second-order valence-electron chi connectivity index (χ2n) is 5.59. The highest BCUT2D eigenvalue weighted by Gasteiger charge is 2.14. The van der Waals surface area contributed by atoms with Gasteiger partial charge < -0.3 is 11.1 Å². The average Bonchev–Trinajstić information content (AvgIpc) is 2.99. The standard InChI is InChI=1S/C17H21Cl2N3OS/c1-2-3-4-12(9-20)21-16(23)8-13-10-24-17(22-13)14-6-5-11(18)7-15(14)19/h5-7,10,12H,2-4,8-9,20H2,1H3,(H,21,23). The molecule has 0 fully saturated rings. The first-order chi connectivity index (χ1) is 11.5. The van der Waals surface area contributed by atoms with Crippen LogP contribution >= 0.6 is 34.5 Å². The fourth-order valence-electron chi connectivity index (χ4n) is 2.32. The molecule has 7 heteroatoms. The van der Waals surface area contributed by atoms with Crippen LogP contribution in [0.2, 0.25) is 10.0 Å². The van der Waals surface area contributed by atoms with E-state index in [2.05, 4.69) is 17.2 Å². The van der Waals surface area contributed by atoms with Crippen LogP contribution in [0.4, 0.5) is 0 Å². The third kappa shape index (κ3) is 5.45. The van der Waals surface area contributed by atoms with E-state index in [0.29, 0.717) is 16.6 Å². The van der Waals surface area contributed by atoms with Crippen molar-refractivity contribution in [3.8, 4) is 10.6 Å². The molecule has 130 valence electrons. The van der Waals surface area contributed by atoms with E-state index in [0.717, 1.165) is 35.5 Å². The molecule has 4 nitrogen and oxygen atoms in total. The van der Waals surface area contributed by atoms with Crippen molar-refractivity contribution >= 4 is 40.4 Å². The van der Waals surface area contributed by atoms with Gasteiger partial charge in [-0.05, 0) is 24.6 Å². The van der Waals surface area contributed by atoms with Gasteiger partial charge in [0.1, 0.15) is 5.01 Å². The summed E-state index contributed by atoms with van der Waals surface area (Å²) in [6.07, 6.45) is 3.29. The lowest BCUT2D eigenvalue weighted by Crippen LogP contribution is -2.40. The first-order valence-electron chi connectivity index (χ1n) is 7.92. The first kappa shape index (κ1) is 19.2. The average molecular weight is 386 g/mol. The minimum absolute atomic E-state index is 0.0289. The Morgan fingerprint density at radius 2 is 2.21 bits per heavy atom. The molecule has 24 heavy (non-hydrogen) atoms. The summed E-state index contributed by atoms with van der Waals surface area (Å²) in [7, 11) is 0. The second-order valence-corrected chi connectivity index (χ2v) is 7.29. The molecule has 1 amide bonds. The summed E-state index contributed by atoms with van der Waals surface area (Å²) in [5.74, 6) is -0.0550. The highest BCUT2D eigenvalue weighted by Crippen LogP contribution is 2.32. The molecular formula is C17H21Cl2N3OS. The molecule has 0 spiro atoms. The second kappa shape index (κ2) is 9.37. The number of nitrogens with one attached hydrogen (secondary N) is 1. The fraction of sp³-hybridized carbons (Fsp3) is 0.412. The molecule has 3 N–H and O–H groups in total. The summed E-state index contributed by atoms with van der Waals surface area (Å²) in [4.78, 5) is 16.7. The van der Waals surface area contributed by atoms with Gasteiger partial charge in [-0.3, -0.25) is 4.79 Å². The molecule has 0 aliphatic heterocycles. The molecular weight excluding hydrogens is 365 g/mol. The SMILES string of the molecule is CCCCC(CN)NC(=O)Cc1csc(-c2ccc(Cl)cc2Cl)n1. The molecule has 2 aromatic rings. The quantitative estimate of drug-likeness (QED) is 0.711. The van der Waals surface area contributed by atoms with Gasteiger partial charge in [-0.1, -0.05) is 43.0 Å². The van der Waals surface area contributed by atoms with E-state index in [4.69, 9.17) is 28.9 Å². The van der Waals surface area contributed by atoms with E-state index in [1.54, 1.807) is 12.1 Å². The maximum atomic E-state index is 12.2. The maximum Gasteiger partial charge on any atom is 0.226 e. The van der Waals surface area contributed by atoms with Crippen LogP contribution in [0.1, 0.15) is 31.9 Å². The summed E-state index contributed by atoms with van der Waals surface area (Å²) in [5, 5.41) is 6.77. The molecule has 1 heterocycles. The monoisotopic (exact) mass is 385 g/mol. The number of carbonyl (C=O) groups excluding carboxylic acids is 1. The Labute approximate surface area is 156 Å². The third-order valence-corrected chi connectivity index (χ3v) is 5.08. The number of rotatable bonds is 8. The number of aromatic nitrogens is 1. The minimum Gasteiger partial charge on any atom is -0.352 e. The molecule has 1 unspecified atom stereocenters. The zero-order valence-electron chi connectivity index (χ0n) is 13.5. The van der Waals surface area contributed by atoms with Gasteiger partial charge in [-0.15, -0.1) is 11.3 Å². The lowest BCUT2D eigenvalue weighted by atomic mass is 10.1. The topological polar surface area (TPSA) is 68.0 Å². The molecule has 0 saturated heterocycles. The predicted octanol–water partition coefficient (Wildman–Crippen LogP) is 4.29. The number of unbranched alkanes of at least 4 members (excludes halogenated alkanes) is 1. The van der Waals surface area contributed by atoms with Gasteiger partial charge >= 0.3 is 0 Å². The normalized spacial score (nSPS) is 12.2. The largest absolute Gasteiger partial charge is 0.352 e. The van der Waals surface area contributed by atoms with Gasteiger partial charge in [0.05, 0.1) is 17.1 Å². The van der Waals surface area contributed by atoms with E-state index < -0.39 is 0 Å². The Morgan fingerprint density at radius 1 is 1.42 bits per heavy atom. The molecule has 1 atom stereocenters. The van der Waals surface area contributed by atoms with E-state index in [1.807, 2.05) is 11.4 Å². The number of hydrogen-bond acceptors (Lipinski definition) is 4. The van der Waals surface area contributed by atoms with Gasteiger partial charge in [0.15, 0.2) is 0 Å². The molecule has 1 aromatic carbocycles. The van der Waals surface area contributed by atoms with Crippen LogP contribution in [0.15, 0.2) is 23.6 Å². The number of halogens is 2. The zero-order valence-corrected chi connectivity index (χ0v) is 15.8. The summed E-state index contributed by atoms with van der Waals surface area (Å²) in [6.45, 7) is 2.57. The summed E-state index contributed by atoms with van der Waals surface area (Å²) >= 11 is 13.6. The lowest BCUT2D eigenvalue weighted by molar-refractivity contribution is -0.121. The van der Waals surface area contributed by atoms with E-state index in [-0.39, 0.29) is 18.4 Å². The van der Waals surface area contributed by atoms with E-state index in [9.17, 15) is 4.79 Å². The third-order valence-electron chi connectivity index (χ3n) is 3.61. The summed E-state index contributed by atoms with van der Waals surface area (Å²) in [6, 6.07) is 5.33. The predicted molar refractivity (Wildman–Crippen MR) is 102 cm³/mol. The van der Waals surface area contributed by atoms with Crippen molar-refractivity contribution in [3.05, 3.63) is 39.3 Å². The van der Waals surface area contributed by atoms with Gasteiger partial charge in [0, 0.05) is 28.6 Å². The van der Waals surface area contributed by atoms with Crippen LogP contribution in [-0.2, 0) is 11.2 Å². The van der Waals surface area contributed by atoms with Crippen molar-refractivity contribution in [1.82, 2.24) is 10.3 Å². The Bertz CT molecular complexity index is 690. The van der Waals surface area contributed by atoms with Crippen molar-refractivity contribution in [1.29, 1.82) is 0 Å². The van der Waals surface area contributed by atoms with E-state index in [1.165, 1.54) is 11.3 Å². The molecule has 2 rings (SSSR count). The van der Waals surface area contributed by atoms with Crippen LogP contribution in [0.25, 0.3) is 10.6 Å². The van der Waals surface area contributed by atoms with Crippen molar-refractivity contribution < 1.29 is 4.79 Å². The van der Waals surface area contributed by atoms with Crippen LogP contribution in [0, 0.1) is 0 Å². The Kier molecular flexibility index (Phi) is 7.49. The Balaban J connectivity index is 1.99. The van der Waals surface area contributed by atoms with Gasteiger partial charge in [0.25, 0.3) is 0 Å².